The number of nitrogens with one attached hydrogen (secondary N) is 2. The summed E-state index contributed by atoms with van der Waals surface area (Å²) in [6.07, 6.45) is 5.26. The summed E-state index contributed by atoms with van der Waals surface area (Å²) >= 11 is 5.28. The predicted molar refractivity (Wildman–Crippen MR) is 93.4 cm³/mol. The van der Waals surface area contributed by atoms with Crippen LogP contribution in [-0.4, -0.2) is 18.3 Å². The second-order valence-corrected chi connectivity index (χ2v) is 5.10. The van der Waals surface area contributed by atoms with Crippen LogP contribution in [0, 0.1) is 0 Å². The molecule has 1 heterocycles. The van der Waals surface area contributed by atoms with Gasteiger partial charge >= 0.3 is 0 Å². The molecule has 5 heteroatoms. The number of aryl methyl sites for hydroxylation is 1. The van der Waals surface area contributed by atoms with E-state index in [1.54, 1.807) is 12.3 Å². The van der Waals surface area contributed by atoms with E-state index in [-0.39, 0.29) is 0 Å². The molecule has 0 atom stereocenters. The zero-order chi connectivity index (χ0) is 15.6. The van der Waals surface area contributed by atoms with Gasteiger partial charge in [0, 0.05) is 24.7 Å². The van der Waals surface area contributed by atoms with Crippen LogP contribution in [0.1, 0.15) is 12.2 Å². The molecule has 0 unspecified atom stereocenters. The van der Waals surface area contributed by atoms with E-state index in [1.807, 2.05) is 36.4 Å². The van der Waals surface area contributed by atoms with Crippen LogP contribution >= 0.6 is 12.2 Å². The zero-order valence-corrected chi connectivity index (χ0v) is 13.2. The van der Waals surface area contributed by atoms with Crippen LogP contribution in [0.15, 0.2) is 59.7 Å². The fourth-order valence-electron chi connectivity index (χ4n) is 1.91. The number of thiocarbonyl (C=S) groups is 1. The van der Waals surface area contributed by atoms with Gasteiger partial charge in [-0.2, -0.15) is 0 Å². The number of hydrogen-bond donors (Lipinski definition) is 2. The van der Waals surface area contributed by atoms with E-state index in [1.165, 1.54) is 0 Å². The minimum atomic E-state index is 0.485. The second-order valence-electron chi connectivity index (χ2n) is 4.69. The van der Waals surface area contributed by atoms with Crippen molar-refractivity contribution in [3.63, 3.8) is 0 Å². The van der Waals surface area contributed by atoms with E-state index in [0.717, 1.165) is 36.6 Å². The summed E-state index contributed by atoms with van der Waals surface area (Å²) in [5, 5.41) is 6.92. The molecule has 2 rings (SSSR count). The Bertz CT molecular complexity index is 596. The third-order valence-corrected chi connectivity index (χ3v) is 3.17. The van der Waals surface area contributed by atoms with Gasteiger partial charge in [-0.05, 0) is 42.9 Å². The number of ether oxygens (including phenoxy) is 1. The van der Waals surface area contributed by atoms with Gasteiger partial charge in [0.2, 0.25) is 0 Å². The van der Waals surface area contributed by atoms with Gasteiger partial charge in [-0.25, -0.2) is 0 Å². The number of hydrogen-bond acceptors (Lipinski definition) is 3. The Morgan fingerprint density at radius 3 is 3.00 bits per heavy atom. The summed E-state index contributed by atoms with van der Waals surface area (Å²) in [6, 6.07) is 11.5. The maximum atomic E-state index is 5.49. The van der Waals surface area contributed by atoms with E-state index in [2.05, 4.69) is 17.2 Å². The quantitative estimate of drug-likeness (QED) is 0.441. The van der Waals surface area contributed by atoms with E-state index < -0.39 is 0 Å². The van der Waals surface area contributed by atoms with Crippen molar-refractivity contribution in [3.05, 3.63) is 61.1 Å². The van der Waals surface area contributed by atoms with Gasteiger partial charge in [0.25, 0.3) is 0 Å². The zero-order valence-electron chi connectivity index (χ0n) is 12.4. The molecule has 22 heavy (non-hydrogen) atoms. The Morgan fingerprint density at radius 1 is 1.32 bits per heavy atom. The molecule has 0 fully saturated rings. The Balaban J connectivity index is 1.70. The van der Waals surface area contributed by atoms with Crippen molar-refractivity contribution >= 4 is 23.0 Å². The van der Waals surface area contributed by atoms with Gasteiger partial charge < -0.3 is 19.8 Å². The lowest BCUT2D eigenvalue weighted by Gasteiger charge is -2.11. The number of anilines is 1. The molecule has 2 N–H and O–H groups in total. The fourth-order valence-corrected chi connectivity index (χ4v) is 2.13. The van der Waals surface area contributed by atoms with Gasteiger partial charge in [-0.1, -0.05) is 18.7 Å². The molecule has 0 spiro atoms. The monoisotopic (exact) mass is 316 g/mol. The van der Waals surface area contributed by atoms with Gasteiger partial charge in [-0.15, -0.1) is 0 Å². The number of rotatable bonds is 8. The van der Waals surface area contributed by atoms with Gasteiger partial charge in [0.1, 0.15) is 18.1 Å². The first kappa shape index (κ1) is 16.1. The van der Waals surface area contributed by atoms with Gasteiger partial charge in [0.05, 0.1) is 6.26 Å². The Hall–Kier alpha value is -2.27. The highest BCUT2D eigenvalue weighted by molar-refractivity contribution is 7.80. The average molecular weight is 316 g/mol. The van der Waals surface area contributed by atoms with Crippen molar-refractivity contribution in [2.45, 2.75) is 12.8 Å². The summed E-state index contributed by atoms with van der Waals surface area (Å²) in [4.78, 5) is 0. The first-order valence-electron chi connectivity index (χ1n) is 7.19. The van der Waals surface area contributed by atoms with Gasteiger partial charge in [0.15, 0.2) is 5.11 Å². The molecule has 0 aliphatic rings. The van der Waals surface area contributed by atoms with Crippen LogP contribution in [-0.2, 0) is 6.42 Å². The van der Waals surface area contributed by atoms with Crippen LogP contribution in [0.3, 0.4) is 0 Å². The molecular formula is C17H20N2O2S. The second kappa shape index (κ2) is 8.89. The molecule has 0 aliphatic carbocycles. The Labute approximate surface area is 136 Å². The summed E-state index contributed by atoms with van der Waals surface area (Å²) in [5.74, 6) is 1.78. The molecule has 0 amide bonds. The van der Waals surface area contributed by atoms with Crippen molar-refractivity contribution in [2.75, 3.05) is 18.5 Å². The third kappa shape index (κ3) is 5.61. The summed E-state index contributed by atoms with van der Waals surface area (Å²) in [6.45, 7) is 4.90. The van der Waals surface area contributed by atoms with Crippen LogP contribution in [0.4, 0.5) is 5.69 Å². The molecule has 116 valence electrons. The molecule has 0 saturated carbocycles. The van der Waals surface area contributed by atoms with E-state index in [9.17, 15) is 0 Å². The minimum absolute atomic E-state index is 0.485. The van der Waals surface area contributed by atoms with Crippen molar-refractivity contribution in [3.8, 4) is 5.75 Å². The summed E-state index contributed by atoms with van der Waals surface area (Å²) in [5.41, 5.74) is 0.894. The lowest BCUT2D eigenvalue weighted by molar-refractivity contribution is 0.363. The molecule has 1 aromatic heterocycles. The third-order valence-electron chi connectivity index (χ3n) is 2.93. The largest absolute Gasteiger partial charge is 0.489 e. The van der Waals surface area contributed by atoms with Crippen molar-refractivity contribution in [1.29, 1.82) is 0 Å². The SMILES string of the molecule is C=CCOc1cccc(NC(=S)NCCCc2ccco2)c1. The van der Waals surface area contributed by atoms with E-state index in [4.69, 9.17) is 21.4 Å². The topological polar surface area (TPSA) is 46.4 Å². The fraction of sp³-hybridized carbons (Fsp3) is 0.235. The number of furan rings is 1. The van der Waals surface area contributed by atoms with Crippen LogP contribution in [0.25, 0.3) is 0 Å². The van der Waals surface area contributed by atoms with E-state index in [0.29, 0.717) is 11.7 Å². The van der Waals surface area contributed by atoms with Crippen LogP contribution in [0.5, 0.6) is 5.75 Å². The standard InChI is InChI=1S/C17H20N2O2S/c1-2-11-20-16-7-3-6-14(13-16)19-17(22)18-10-4-8-15-9-5-12-21-15/h2-3,5-7,9,12-13H,1,4,8,10-11H2,(H2,18,19,22). The molecule has 2 aromatic rings. The highest BCUT2D eigenvalue weighted by atomic mass is 32.1. The molecule has 0 saturated heterocycles. The van der Waals surface area contributed by atoms with Crippen LogP contribution in [0.2, 0.25) is 0 Å². The maximum absolute atomic E-state index is 5.49. The molecular weight excluding hydrogens is 296 g/mol. The first-order valence-corrected chi connectivity index (χ1v) is 7.60. The predicted octanol–water partition coefficient (Wildman–Crippen LogP) is 3.76. The van der Waals surface area contributed by atoms with Crippen LogP contribution < -0.4 is 15.4 Å². The number of benzene rings is 1. The van der Waals surface area contributed by atoms with E-state index >= 15 is 0 Å². The molecule has 0 bridgehead atoms. The summed E-state index contributed by atoms with van der Waals surface area (Å²) in [7, 11) is 0. The molecule has 0 radical (unpaired) electrons. The Morgan fingerprint density at radius 2 is 2.23 bits per heavy atom. The Kier molecular flexibility index (Phi) is 6.51. The van der Waals surface area contributed by atoms with Crippen molar-refractivity contribution in [2.24, 2.45) is 0 Å². The smallest absolute Gasteiger partial charge is 0.170 e. The highest BCUT2D eigenvalue weighted by Crippen LogP contribution is 2.17. The highest BCUT2D eigenvalue weighted by Gasteiger charge is 2.00. The molecule has 1 aromatic carbocycles. The lowest BCUT2D eigenvalue weighted by Crippen LogP contribution is -2.29. The normalized spacial score (nSPS) is 10.0. The van der Waals surface area contributed by atoms with Crippen molar-refractivity contribution in [1.82, 2.24) is 5.32 Å². The average Bonchev–Trinajstić information content (AvgIpc) is 3.03. The van der Waals surface area contributed by atoms with Gasteiger partial charge in [-0.3, -0.25) is 0 Å². The first-order chi connectivity index (χ1) is 10.8. The maximum Gasteiger partial charge on any atom is 0.170 e. The lowest BCUT2D eigenvalue weighted by atomic mass is 10.2. The minimum Gasteiger partial charge on any atom is -0.489 e. The van der Waals surface area contributed by atoms with Crippen molar-refractivity contribution < 1.29 is 9.15 Å². The molecule has 0 aliphatic heterocycles. The summed E-state index contributed by atoms with van der Waals surface area (Å²) < 4.78 is 10.8. The molecule has 4 nitrogen and oxygen atoms in total.